The van der Waals surface area contributed by atoms with E-state index >= 15 is 0 Å². The average molecular weight is 521 g/mol. The van der Waals surface area contributed by atoms with Gasteiger partial charge in [0.15, 0.2) is 28.8 Å². The van der Waals surface area contributed by atoms with Crippen molar-refractivity contribution < 1.29 is 43.1 Å². The van der Waals surface area contributed by atoms with Gasteiger partial charge in [0.25, 0.3) is 0 Å². The Morgan fingerprint density at radius 3 is 1.95 bits per heavy atom. The molecule has 0 aromatic heterocycles. The number of aliphatic hydroxyl groups excluding tert-OH is 1. The number of methoxy groups -OCH3 is 3. The fraction of sp³-hybridized carbons (Fsp3) is 0.536. The maximum Gasteiger partial charge on any atom is 0.195 e. The zero-order valence-corrected chi connectivity index (χ0v) is 22.8. The molecule has 0 aliphatic heterocycles. The number of Topliss-reactive ketones (excluding diaryl/α,β-unsaturated/α-hetero) is 1. The number of rotatable bonds is 17. The SMILES string of the molecule is COc1ccc(C(=O)C(O)c2ccc(OCC(COC(C)C)OCCOC(C)C)c(OC)c2)cc1OC. The molecule has 0 aliphatic rings. The van der Waals surface area contributed by atoms with Crippen LogP contribution in [-0.4, -0.2) is 77.0 Å². The first kappa shape index (κ1) is 30.4. The van der Waals surface area contributed by atoms with Crippen LogP contribution in [0.25, 0.3) is 0 Å². The smallest absolute Gasteiger partial charge is 0.195 e. The van der Waals surface area contributed by atoms with Gasteiger partial charge >= 0.3 is 0 Å². The summed E-state index contributed by atoms with van der Waals surface area (Å²) in [7, 11) is 4.49. The van der Waals surface area contributed by atoms with Gasteiger partial charge in [-0.3, -0.25) is 4.79 Å². The Morgan fingerprint density at radius 2 is 1.32 bits per heavy atom. The largest absolute Gasteiger partial charge is 0.493 e. The summed E-state index contributed by atoms with van der Waals surface area (Å²) in [5.74, 6) is 1.23. The Morgan fingerprint density at radius 1 is 0.730 bits per heavy atom. The van der Waals surface area contributed by atoms with E-state index in [2.05, 4.69) is 0 Å². The molecule has 0 radical (unpaired) electrons. The van der Waals surface area contributed by atoms with E-state index in [0.717, 1.165) is 0 Å². The monoisotopic (exact) mass is 520 g/mol. The first-order valence-corrected chi connectivity index (χ1v) is 12.3. The highest BCUT2D eigenvalue weighted by Gasteiger charge is 2.23. The third-order valence-electron chi connectivity index (χ3n) is 5.35. The van der Waals surface area contributed by atoms with Gasteiger partial charge < -0.3 is 38.3 Å². The zero-order chi connectivity index (χ0) is 27.4. The Hall–Kier alpha value is -2.85. The molecule has 0 saturated heterocycles. The number of hydrogen-bond acceptors (Lipinski definition) is 9. The number of carbonyl (C=O) groups excluding carboxylic acids is 1. The molecule has 2 aromatic rings. The summed E-state index contributed by atoms with van der Waals surface area (Å²) in [4.78, 5) is 12.9. The molecular formula is C28H40O9. The molecule has 0 saturated carbocycles. The van der Waals surface area contributed by atoms with Crippen LogP contribution in [0.15, 0.2) is 36.4 Å². The number of benzene rings is 2. The molecule has 9 nitrogen and oxygen atoms in total. The van der Waals surface area contributed by atoms with Crippen LogP contribution in [-0.2, 0) is 14.2 Å². The van der Waals surface area contributed by atoms with Crippen molar-refractivity contribution >= 4 is 5.78 Å². The van der Waals surface area contributed by atoms with Crippen LogP contribution in [0.3, 0.4) is 0 Å². The third kappa shape index (κ3) is 9.51. The minimum absolute atomic E-state index is 0.0523. The molecule has 9 heteroatoms. The first-order valence-electron chi connectivity index (χ1n) is 12.3. The van der Waals surface area contributed by atoms with Crippen molar-refractivity contribution in [3.05, 3.63) is 47.5 Å². The predicted molar refractivity (Wildman–Crippen MR) is 139 cm³/mol. The summed E-state index contributed by atoms with van der Waals surface area (Å²) in [6, 6.07) is 9.58. The maximum atomic E-state index is 12.9. The fourth-order valence-corrected chi connectivity index (χ4v) is 3.40. The van der Waals surface area contributed by atoms with Crippen LogP contribution in [0.4, 0.5) is 0 Å². The van der Waals surface area contributed by atoms with E-state index in [-0.39, 0.29) is 30.5 Å². The Kier molecular flexibility index (Phi) is 12.7. The molecule has 2 rings (SSSR count). The average Bonchev–Trinajstić information content (AvgIpc) is 2.90. The maximum absolute atomic E-state index is 12.9. The van der Waals surface area contributed by atoms with E-state index in [4.69, 9.17) is 33.2 Å². The summed E-state index contributed by atoms with van der Waals surface area (Å²) >= 11 is 0. The molecule has 0 amide bonds. The van der Waals surface area contributed by atoms with Gasteiger partial charge in [0.05, 0.1) is 53.4 Å². The van der Waals surface area contributed by atoms with Crippen molar-refractivity contribution in [3.63, 3.8) is 0 Å². The highest BCUT2D eigenvalue weighted by Crippen LogP contribution is 2.33. The first-order chi connectivity index (χ1) is 17.7. The van der Waals surface area contributed by atoms with Gasteiger partial charge in [-0.25, -0.2) is 0 Å². The van der Waals surface area contributed by atoms with Gasteiger partial charge in [-0.1, -0.05) is 6.07 Å². The number of carbonyl (C=O) groups is 1. The highest BCUT2D eigenvalue weighted by atomic mass is 16.6. The van der Waals surface area contributed by atoms with Crippen LogP contribution in [0, 0.1) is 0 Å². The highest BCUT2D eigenvalue weighted by molar-refractivity contribution is 6.00. The molecule has 2 aromatic carbocycles. The molecule has 0 spiro atoms. The van der Waals surface area contributed by atoms with Crippen LogP contribution >= 0.6 is 0 Å². The lowest BCUT2D eigenvalue weighted by Gasteiger charge is -2.21. The summed E-state index contributed by atoms with van der Waals surface area (Å²) in [6.07, 6.45) is -1.55. The molecule has 0 bridgehead atoms. The number of aliphatic hydroxyl groups is 1. The minimum Gasteiger partial charge on any atom is -0.493 e. The number of ketones is 1. The van der Waals surface area contributed by atoms with E-state index in [1.807, 2.05) is 27.7 Å². The number of ether oxygens (including phenoxy) is 7. The summed E-state index contributed by atoms with van der Waals surface area (Å²) < 4.78 is 39.1. The molecule has 0 heterocycles. The summed E-state index contributed by atoms with van der Waals surface area (Å²) in [5, 5.41) is 10.8. The molecule has 2 unspecified atom stereocenters. The fourth-order valence-electron chi connectivity index (χ4n) is 3.40. The Labute approximate surface area is 219 Å². The predicted octanol–water partition coefficient (Wildman–Crippen LogP) is 4.24. The lowest BCUT2D eigenvalue weighted by Crippen LogP contribution is -2.30. The normalized spacial score (nSPS) is 12.9. The van der Waals surface area contributed by atoms with Crippen molar-refractivity contribution in [3.8, 4) is 23.0 Å². The lowest BCUT2D eigenvalue weighted by molar-refractivity contribution is -0.0712. The quantitative estimate of drug-likeness (QED) is 0.242. The second kappa shape index (κ2) is 15.4. The minimum atomic E-state index is -1.41. The van der Waals surface area contributed by atoms with Crippen molar-refractivity contribution in [2.45, 2.75) is 52.1 Å². The molecule has 1 N–H and O–H groups in total. The second-order valence-corrected chi connectivity index (χ2v) is 8.85. The van der Waals surface area contributed by atoms with Gasteiger partial charge in [-0.2, -0.15) is 0 Å². The Balaban J connectivity index is 2.10. The van der Waals surface area contributed by atoms with Gasteiger partial charge in [0, 0.05) is 5.56 Å². The summed E-state index contributed by atoms with van der Waals surface area (Å²) in [5.41, 5.74) is 0.654. The van der Waals surface area contributed by atoms with E-state index in [9.17, 15) is 9.90 Å². The third-order valence-corrected chi connectivity index (χ3v) is 5.35. The summed E-state index contributed by atoms with van der Waals surface area (Å²) in [6.45, 7) is 9.31. The molecule has 37 heavy (non-hydrogen) atoms. The van der Waals surface area contributed by atoms with Gasteiger partial charge in [0.1, 0.15) is 18.8 Å². The second-order valence-electron chi connectivity index (χ2n) is 8.85. The van der Waals surface area contributed by atoms with Crippen molar-refractivity contribution in [1.82, 2.24) is 0 Å². The molecule has 206 valence electrons. The van der Waals surface area contributed by atoms with E-state index < -0.39 is 11.9 Å². The van der Waals surface area contributed by atoms with Crippen LogP contribution < -0.4 is 18.9 Å². The van der Waals surface area contributed by atoms with Crippen LogP contribution in [0.2, 0.25) is 0 Å². The van der Waals surface area contributed by atoms with Crippen LogP contribution in [0.1, 0.15) is 49.7 Å². The van der Waals surface area contributed by atoms with Crippen molar-refractivity contribution in [2.75, 3.05) is 47.8 Å². The van der Waals surface area contributed by atoms with E-state index in [1.54, 1.807) is 30.3 Å². The topological polar surface area (TPSA) is 102 Å². The van der Waals surface area contributed by atoms with Crippen molar-refractivity contribution in [2.24, 2.45) is 0 Å². The zero-order valence-electron chi connectivity index (χ0n) is 22.8. The number of hydrogen-bond donors (Lipinski definition) is 1. The molecule has 0 aliphatic carbocycles. The molecule has 0 fully saturated rings. The van der Waals surface area contributed by atoms with Crippen LogP contribution in [0.5, 0.6) is 23.0 Å². The van der Waals surface area contributed by atoms with E-state index in [0.29, 0.717) is 48.4 Å². The standard InChI is InChI=1S/C28H40O9/c1-18(2)34-12-13-35-22(16-36-19(3)4)17-37-24-11-9-21(15-26(24)33-7)28(30)27(29)20-8-10-23(31-5)25(14-20)32-6/h8-11,14-15,18-19,22,28,30H,12-13,16-17H2,1-7H3. The lowest BCUT2D eigenvalue weighted by atomic mass is 9.99. The van der Waals surface area contributed by atoms with Gasteiger partial charge in [0.2, 0.25) is 0 Å². The van der Waals surface area contributed by atoms with E-state index in [1.165, 1.54) is 27.4 Å². The Bertz CT molecular complexity index is 974. The molecular weight excluding hydrogens is 480 g/mol. The molecule has 2 atom stereocenters. The van der Waals surface area contributed by atoms with Gasteiger partial charge in [-0.05, 0) is 63.6 Å². The van der Waals surface area contributed by atoms with Crippen molar-refractivity contribution in [1.29, 1.82) is 0 Å². The van der Waals surface area contributed by atoms with Gasteiger partial charge in [-0.15, -0.1) is 0 Å².